The van der Waals surface area contributed by atoms with Crippen LogP contribution < -0.4 is 10.1 Å². The van der Waals surface area contributed by atoms with Crippen LogP contribution in [0.3, 0.4) is 0 Å². The number of amides is 1. The van der Waals surface area contributed by atoms with Crippen molar-refractivity contribution >= 4 is 23.5 Å². The maximum atomic E-state index is 14.0. The third kappa shape index (κ3) is 3.05. The summed E-state index contributed by atoms with van der Waals surface area (Å²) in [4.78, 5) is 24.7. The summed E-state index contributed by atoms with van der Waals surface area (Å²) in [5.41, 5.74) is -1.48. The first-order chi connectivity index (χ1) is 11.8. The van der Waals surface area contributed by atoms with Crippen molar-refractivity contribution in [1.82, 2.24) is 5.32 Å². The lowest BCUT2D eigenvalue weighted by Crippen LogP contribution is -2.56. The van der Waals surface area contributed by atoms with E-state index in [1.54, 1.807) is 37.3 Å². The van der Waals surface area contributed by atoms with Gasteiger partial charge in [-0.1, -0.05) is 29.8 Å². The fourth-order valence-electron chi connectivity index (χ4n) is 2.99. The molecule has 1 aliphatic heterocycles. The molecule has 0 spiro atoms. The molecule has 0 radical (unpaired) electrons. The minimum Gasteiger partial charge on any atom is -0.490 e. The van der Waals surface area contributed by atoms with Gasteiger partial charge >= 0.3 is 5.97 Å². The van der Waals surface area contributed by atoms with Crippen molar-refractivity contribution in [2.24, 2.45) is 0 Å². The molecule has 0 aromatic heterocycles. The van der Waals surface area contributed by atoms with Crippen LogP contribution in [0.4, 0.5) is 4.39 Å². The monoisotopic (exact) mass is 363 g/mol. The Bertz CT molecular complexity index is 842. The molecule has 25 heavy (non-hydrogen) atoms. The third-order valence-electron chi connectivity index (χ3n) is 4.13. The number of nitrogens with one attached hydrogen (secondary N) is 1. The van der Waals surface area contributed by atoms with Crippen molar-refractivity contribution in [1.29, 1.82) is 0 Å². The number of carbonyl (C=O) groups excluding carboxylic acids is 1. The quantitative estimate of drug-likeness (QED) is 0.876. The molecule has 5 nitrogen and oxygen atoms in total. The number of ether oxygens (including phenoxy) is 1. The Balaban J connectivity index is 2.11. The van der Waals surface area contributed by atoms with Gasteiger partial charge in [-0.05, 0) is 25.1 Å². The largest absolute Gasteiger partial charge is 0.490 e. The Hall–Kier alpha value is -2.60. The van der Waals surface area contributed by atoms with Crippen LogP contribution in [0.2, 0.25) is 5.02 Å². The standard InChI is InChI=1S/C18H15ClFNO4/c1-10-9-18(17(23)24,21-16(22)11-5-3-2-4-6-11)12-7-14(20)13(19)8-15(12)25-10/h2-8,10H,9H2,1H3,(H,21,22)(H,23,24). The highest BCUT2D eigenvalue weighted by atomic mass is 35.5. The van der Waals surface area contributed by atoms with Crippen molar-refractivity contribution < 1.29 is 23.8 Å². The van der Waals surface area contributed by atoms with Crippen molar-refractivity contribution in [2.75, 3.05) is 0 Å². The molecule has 1 amide bonds. The highest BCUT2D eigenvalue weighted by molar-refractivity contribution is 6.30. The Labute approximate surface area is 148 Å². The van der Waals surface area contributed by atoms with Crippen molar-refractivity contribution in [3.63, 3.8) is 0 Å². The first-order valence-electron chi connectivity index (χ1n) is 7.60. The summed E-state index contributed by atoms with van der Waals surface area (Å²) >= 11 is 5.78. The zero-order chi connectivity index (χ0) is 18.2. The summed E-state index contributed by atoms with van der Waals surface area (Å²) < 4.78 is 19.6. The summed E-state index contributed by atoms with van der Waals surface area (Å²) in [6, 6.07) is 10.4. The minimum absolute atomic E-state index is 0.0317. The second kappa shape index (κ2) is 6.37. The summed E-state index contributed by atoms with van der Waals surface area (Å²) in [6.07, 6.45) is -0.559. The van der Waals surface area contributed by atoms with Gasteiger partial charge in [0, 0.05) is 23.6 Å². The number of hydrogen-bond donors (Lipinski definition) is 2. The molecule has 1 aliphatic rings. The number of halogens is 2. The highest BCUT2D eigenvalue weighted by Crippen LogP contribution is 2.42. The maximum absolute atomic E-state index is 14.0. The van der Waals surface area contributed by atoms with E-state index in [9.17, 15) is 19.1 Å². The molecule has 1 heterocycles. The van der Waals surface area contributed by atoms with Gasteiger partial charge in [0.2, 0.25) is 0 Å². The van der Waals surface area contributed by atoms with E-state index in [1.807, 2.05) is 0 Å². The summed E-state index contributed by atoms with van der Waals surface area (Å²) in [5, 5.41) is 12.3. The van der Waals surface area contributed by atoms with Gasteiger partial charge in [0.25, 0.3) is 5.91 Å². The van der Waals surface area contributed by atoms with E-state index < -0.39 is 29.3 Å². The molecule has 0 saturated heterocycles. The van der Waals surface area contributed by atoms with Crippen molar-refractivity contribution in [3.8, 4) is 5.75 Å². The predicted octanol–water partition coefficient (Wildman–Crippen LogP) is 3.36. The summed E-state index contributed by atoms with van der Waals surface area (Å²) in [5.74, 6) is -2.51. The van der Waals surface area contributed by atoms with Crippen LogP contribution in [0, 0.1) is 5.82 Å². The van der Waals surface area contributed by atoms with Gasteiger partial charge in [-0.25, -0.2) is 9.18 Å². The molecule has 0 bridgehead atoms. The predicted molar refractivity (Wildman–Crippen MR) is 89.3 cm³/mol. The van der Waals surface area contributed by atoms with Crippen LogP contribution in [0.25, 0.3) is 0 Å². The Morgan fingerprint density at radius 1 is 1.32 bits per heavy atom. The summed E-state index contributed by atoms with van der Waals surface area (Å²) in [7, 11) is 0. The van der Waals surface area contributed by atoms with Gasteiger partial charge in [0.05, 0.1) is 11.1 Å². The number of benzene rings is 2. The fraction of sp³-hybridized carbons (Fsp3) is 0.222. The number of fused-ring (bicyclic) bond motifs is 1. The van der Waals surface area contributed by atoms with E-state index in [0.29, 0.717) is 5.56 Å². The lowest BCUT2D eigenvalue weighted by atomic mass is 9.81. The first kappa shape index (κ1) is 17.2. The Kier molecular flexibility index (Phi) is 4.39. The highest BCUT2D eigenvalue weighted by Gasteiger charge is 2.49. The van der Waals surface area contributed by atoms with Gasteiger partial charge in [-0.3, -0.25) is 4.79 Å². The van der Waals surface area contributed by atoms with Crippen LogP contribution in [0.15, 0.2) is 42.5 Å². The molecule has 2 atom stereocenters. The van der Waals surface area contributed by atoms with E-state index in [0.717, 1.165) is 6.07 Å². The van der Waals surface area contributed by atoms with E-state index >= 15 is 0 Å². The molecule has 7 heteroatoms. The number of carbonyl (C=O) groups is 2. The number of rotatable bonds is 3. The lowest BCUT2D eigenvalue weighted by Gasteiger charge is -2.39. The SMILES string of the molecule is CC1CC(NC(=O)c2ccccc2)(C(=O)O)c2cc(F)c(Cl)cc2O1. The number of aliphatic carboxylic acids is 1. The third-order valence-corrected chi connectivity index (χ3v) is 4.42. The molecule has 0 fully saturated rings. The van der Waals surface area contributed by atoms with E-state index in [4.69, 9.17) is 16.3 Å². The average molecular weight is 364 g/mol. The Morgan fingerprint density at radius 2 is 2.00 bits per heavy atom. The fourth-order valence-corrected chi connectivity index (χ4v) is 3.14. The first-order valence-corrected chi connectivity index (χ1v) is 7.98. The molecule has 2 aromatic rings. The average Bonchev–Trinajstić information content (AvgIpc) is 2.57. The number of carboxylic acids is 1. The van der Waals surface area contributed by atoms with E-state index in [1.165, 1.54) is 6.07 Å². The van der Waals surface area contributed by atoms with Crippen LogP contribution in [-0.4, -0.2) is 23.1 Å². The maximum Gasteiger partial charge on any atom is 0.334 e. The van der Waals surface area contributed by atoms with Gasteiger partial charge in [0.15, 0.2) is 5.54 Å². The molecule has 3 rings (SSSR count). The molecule has 0 saturated carbocycles. The zero-order valence-corrected chi connectivity index (χ0v) is 14.0. The lowest BCUT2D eigenvalue weighted by molar-refractivity contribution is -0.147. The molecular formula is C18H15ClFNO4. The smallest absolute Gasteiger partial charge is 0.334 e. The molecule has 2 aromatic carbocycles. The minimum atomic E-state index is -1.81. The van der Waals surface area contributed by atoms with Crippen molar-refractivity contribution in [2.45, 2.75) is 25.0 Å². The van der Waals surface area contributed by atoms with Gasteiger partial charge < -0.3 is 15.2 Å². The molecule has 2 N–H and O–H groups in total. The molecule has 130 valence electrons. The van der Waals surface area contributed by atoms with Crippen LogP contribution in [-0.2, 0) is 10.3 Å². The number of hydrogen-bond acceptors (Lipinski definition) is 3. The second-order valence-corrected chi connectivity index (χ2v) is 6.33. The number of carboxylic acid groups (broad SMARTS) is 1. The van der Waals surface area contributed by atoms with Crippen LogP contribution in [0.5, 0.6) is 5.75 Å². The van der Waals surface area contributed by atoms with Gasteiger partial charge in [-0.2, -0.15) is 0 Å². The topological polar surface area (TPSA) is 75.6 Å². The van der Waals surface area contributed by atoms with Crippen molar-refractivity contribution in [3.05, 3.63) is 64.4 Å². The van der Waals surface area contributed by atoms with Crippen LogP contribution >= 0.6 is 11.6 Å². The van der Waals surface area contributed by atoms with Gasteiger partial charge in [-0.15, -0.1) is 0 Å². The molecule has 0 aliphatic carbocycles. The van der Waals surface area contributed by atoms with Crippen LogP contribution in [0.1, 0.15) is 29.3 Å². The van der Waals surface area contributed by atoms with E-state index in [2.05, 4.69) is 5.32 Å². The van der Waals surface area contributed by atoms with Gasteiger partial charge in [0.1, 0.15) is 11.6 Å². The van der Waals surface area contributed by atoms with E-state index in [-0.39, 0.29) is 22.8 Å². The second-order valence-electron chi connectivity index (χ2n) is 5.93. The zero-order valence-electron chi connectivity index (χ0n) is 13.3. The molecule has 2 unspecified atom stereocenters. The summed E-state index contributed by atoms with van der Waals surface area (Å²) in [6.45, 7) is 1.67. The Morgan fingerprint density at radius 3 is 2.64 bits per heavy atom. The molecular weight excluding hydrogens is 349 g/mol. The normalized spacial score (nSPS) is 21.8.